The minimum Gasteiger partial charge on any atom is -0.345 e. The van der Waals surface area contributed by atoms with Gasteiger partial charge in [0.2, 0.25) is 15.8 Å². The number of aryl methyl sites for hydroxylation is 2. The fraction of sp³-hybridized carbons (Fsp3) is 0.150. The van der Waals surface area contributed by atoms with Crippen LogP contribution in [0.5, 0.6) is 0 Å². The Labute approximate surface area is 167 Å². The lowest BCUT2D eigenvalue weighted by atomic mass is 9.98. The minimum atomic E-state index is -3.40. The lowest BCUT2D eigenvalue weighted by molar-refractivity contribution is 0.103. The van der Waals surface area contributed by atoms with E-state index < -0.39 is 10.0 Å². The van der Waals surface area contributed by atoms with Crippen molar-refractivity contribution in [3.63, 3.8) is 0 Å². The summed E-state index contributed by atoms with van der Waals surface area (Å²) in [6.45, 7) is 1.83. The second-order valence-corrected chi connectivity index (χ2v) is 8.61. The van der Waals surface area contributed by atoms with Crippen LogP contribution in [-0.4, -0.2) is 40.2 Å². The summed E-state index contributed by atoms with van der Waals surface area (Å²) in [6, 6.07) is 10.6. The van der Waals surface area contributed by atoms with Gasteiger partial charge in [0.15, 0.2) is 0 Å². The maximum atomic E-state index is 13.2. The number of carbonyl (C=O) groups excluding carboxylic acids is 1. The third-order valence-corrected chi connectivity index (χ3v) is 5.14. The van der Waals surface area contributed by atoms with Crippen LogP contribution in [0.25, 0.3) is 22.2 Å². The summed E-state index contributed by atoms with van der Waals surface area (Å²) in [5, 5.41) is 4.93. The van der Waals surface area contributed by atoms with Gasteiger partial charge in [-0.15, -0.1) is 0 Å². The second kappa shape index (κ2) is 6.85. The first-order chi connectivity index (χ1) is 13.7. The van der Waals surface area contributed by atoms with E-state index in [0.717, 1.165) is 23.1 Å². The molecule has 4 aromatic rings. The Bertz CT molecular complexity index is 1350. The molecule has 0 fully saturated rings. The maximum absolute atomic E-state index is 13.2. The average Bonchev–Trinajstić information content (AvgIpc) is 3.22. The third kappa shape index (κ3) is 3.64. The Balaban J connectivity index is 1.87. The molecule has 0 bridgehead atoms. The number of pyridine rings is 1. The van der Waals surface area contributed by atoms with Gasteiger partial charge in [-0.2, -0.15) is 5.10 Å². The Kier molecular flexibility index (Phi) is 4.46. The molecule has 0 radical (unpaired) electrons. The molecule has 0 aliphatic rings. The number of fused-ring (bicyclic) bond motifs is 1. The molecule has 3 aromatic heterocycles. The zero-order chi connectivity index (χ0) is 20.8. The summed E-state index contributed by atoms with van der Waals surface area (Å²) < 4.78 is 27.2. The fourth-order valence-electron chi connectivity index (χ4n) is 3.40. The van der Waals surface area contributed by atoms with Crippen LogP contribution in [0.1, 0.15) is 21.7 Å². The summed E-state index contributed by atoms with van der Waals surface area (Å²) in [5.41, 5.74) is 4.27. The van der Waals surface area contributed by atoms with Crippen LogP contribution in [0.4, 0.5) is 5.69 Å². The molecule has 0 aliphatic carbocycles. The van der Waals surface area contributed by atoms with E-state index >= 15 is 0 Å². The normalized spacial score (nSPS) is 11.7. The van der Waals surface area contributed by atoms with E-state index in [0.29, 0.717) is 28.0 Å². The van der Waals surface area contributed by atoms with Gasteiger partial charge in [-0.3, -0.25) is 14.2 Å². The molecule has 2 N–H and O–H groups in total. The molecule has 148 valence electrons. The van der Waals surface area contributed by atoms with Crippen LogP contribution in [-0.2, 0) is 17.1 Å². The largest absolute Gasteiger partial charge is 0.345 e. The third-order valence-electron chi connectivity index (χ3n) is 4.53. The Morgan fingerprint density at radius 1 is 1.21 bits per heavy atom. The number of benzene rings is 1. The van der Waals surface area contributed by atoms with Crippen molar-refractivity contribution in [2.75, 3.05) is 11.0 Å². The Hall–Kier alpha value is -3.46. The molecule has 9 heteroatoms. The number of rotatable bonds is 5. The molecule has 0 aliphatic heterocycles. The van der Waals surface area contributed by atoms with Crippen molar-refractivity contribution in [1.82, 2.24) is 19.7 Å². The number of nitrogens with zero attached hydrogens (tertiary/aromatic N) is 3. The van der Waals surface area contributed by atoms with Gasteiger partial charge in [0, 0.05) is 30.5 Å². The zero-order valence-electron chi connectivity index (χ0n) is 16.1. The number of ketones is 1. The van der Waals surface area contributed by atoms with Crippen molar-refractivity contribution < 1.29 is 13.2 Å². The van der Waals surface area contributed by atoms with Gasteiger partial charge in [0.1, 0.15) is 11.3 Å². The van der Waals surface area contributed by atoms with E-state index in [-0.39, 0.29) is 5.78 Å². The molecule has 0 atom stereocenters. The molecule has 3 heterocycles. The van der Waals surface area contributed by atoms with Gasteiger partial charge >= 0.3 is 0 Å². The molecule has 1 aromatic carbocycles. The predicted molar refractivity (Wildman–Crippen MR) is 111 cm³/mol. The summed E-state index contributed by atoms with van der Waals surface area (Å²) in [5.74, 6) is -0.168. The standard InChI is InChI=1S/C20H19N5O3S/c1-12-9-17(25(2)23-12)19(26)16-11-22-20-18(16)15(7-8-21-20)13-5-4-6-14(10-13)24-29(3,27)28/h4-11,24H,1-3H3,(H,21,22). The molecule has 4 rings (SSSR count). The quantitative estimate of drug-likeness (QED) is 0.493. The fourth-order valence-corrected chi connectivity index (χ4v) is 3.96. The number of H-pyrrole nitrogens is 1. The van der Waals surface area contributed by atoms with E-state index in [4.69, 9.17) is 0 Å². The zero-order valence-corrected chi connectivity index (χ0v) is 16.9. The maximum Gasteiger partial charge on any atom is 0.229 e. The lowest BCUT2D eigenvalue weighted by Crippen LogP contribution is -2.09. The van der Waals surface area contributed by atoms with Gasteiger partial charge in [0.25, 0.3) is 0 Å². The van der Waals surface area contributed by atoms with Crippen molar-refractivity contribution >= 4 is 32.5 Å². The number of carbonyl (C=O) groups is 1. The first-order valence-corrected chi connectivity index (χ1v) is 10.7. The SMILES string of the molecule is Cc1cc(C(=O)c2c[nH]c3nccc(-c4cccc(NS(C)(=O)=O)c4)c23)n(C)n1. The van der Waals surface area contributed by atoms with Crippen LogP contribution in [0.3, 0.4) is 0 Å². The lowest BCUT2D eigenvalue weighted by Gasteiger charge is -2.09. The average molecular weight is 409 g/mol. The molecule has 0 saturated carbocycles. The summed E-state index contributed by atoms with van der Waals surface area (Å²) in [4.78, 5) is 20.6. The number of sulfonamides is 1. The van der Waals surface area contributed by atoms with E-state index in [1.807, 2.05) is 13.0 Å². The first-order valence-electron chi connectivity index (χ1n) is 8.82. The molecule has 0 unspecified atom stereocenters. The van der Waals surface area contributed by atoms with Gasteiger partial charge in [-0.25, -0.2) is 13.4 Å². The van der Waals surface area contributed by atoms with Crippen LogP contribution in [0.15, 0.2) is 48.8 Å². The number of hydrogen-bond acceptors (Lipinski definition) is 5. The number of nitrogens with one attached hydrogen (secondary N) is 2. The number of aromatic amines is 1. The van der Waals surface area contributed by atoms with Crippen LogP contribution < -0.4 is 4.72 Å². The highest BCUT2D eigenvalue weighted by molar-refractivity contribution is 7.92. The van der Waals surface area contributed by atoms with Crippen molar-refractivity contribution in [3.8, 4) is 11.1 Å². The van der Waals surface area contributed by atoms with E-state index in [1.165, 1.54) is 0 Å². The highest BCUT2D eigenvalue weighted by atomic mass is 32.2. The van der Waals surface area contributed by atoms with Gasteiger partial charge in [-0.1, -0.05) is 12.1 Å². The summed E-state index contributed by atoms with van der Waals surface area (Å²) in [6.07, 6.45) is 4.39. The molecule has 29 heavy (non-hydrogen) atoms. The number of hydrogen-bond donors (Lipinski definition) is 2. The number of anilines is 1. The topological polar surface area (TPSA) is 110 Å². The van der Waals surface area contributed by atoms with Gasteiger partial charge in [0.05, 0.1) is 17.5 Å². The summed E-state index contributed by atoms with van der Waals surface area (Å²) in [7, 11) is -1.67. The van der Waals surface area contributed by atoms with Crippen LogP contribution >= 0.6 is 0 Å². The monoisotopic (exact) mass is 409 g/mol. The van der Waals surface area contributed by atoms with Crippen LogP contribution in [0, 0.1) is 6.92 Å². The molecule has 8 nitrogen and oxygen atoms in total. The first kappa shape index (κ1) is 18.9. The van der Waals surface area contributed by atoms with Crippen LogP contribution in [0.2, 0.25) is 0 Å². The summed E-state index contributed by atoms with van der Waals surface area (Å²) >= 11 is 0. The minimum absolute atomic E-state index is 0.168. The van der Waals surface area contributed by atoms with Crippen molar-refractivity contribution in [3.05, 3.63) is 65.7 Å². The van der Waals surface area contributed by atoms with Crippen molar-refractivity contribution in [1.29, 1.82) is 0 Å². The molecular formula is C20H19N5O3S. The second-order valence-electron chi connectivity index (χ2n) is 6.86. The van der Waals surface area contributed by atoms with E-state index in [1.54, 1.807) is 54.5 Å². The van der Waals surface area contributed by atoms with E-state index in [9.17, 15) is 13.2 Å². The molecule has 0 spiro atoms. The molecular weight excluding hydrogens is 390 g/mol. The van der Waals surface area contributed by atoms with Crippen molar-refractivity contribution in [2.45, 2.75) is 6.92 Å². The van der Waals surface area contributed by atoms with E-state index in [2.05, 4.69) is 19.8 Å². The Morgan fingerprint density at radius 2 is 2.00 bits per heavy atom. The smallest absolute Gasteiger partial charge is 0.229 e. The van der Waals surface area contributed by atoms with Crippen molar-refractivity contribution in [2.24, 2.45) is 7.05 Å². The molecule has 0 saturated heterocycles. The predicted octanol–water partition coefficient (Wildman–Crippen LogP) is 2.87. The highest BCUT2D eigenvalue weighted by Crippen LogP contribution is 2.32. The van der Waals surface area contributed by atoms with Gasteiger partial charge < -0.3 is 4.98 Å². The molecule has 0 amide bonds. The Morgan fingerprint density at radius 3 is 2.69 bits per heavy atom. The number of aromatic nitrogens is 4. The van der Waals surface area contributed by atoms with Gasteiger partial charge in [-0.05, 0) is 42.3 Å². The highest BCUT2D eigenvalue weighted by Gasteiger charge is 2.21.